The van der Waals surface area contributed by atoms with Crippen LogP contribution in [0.25, 0.3) is 0 Å². The van der Waals surface area contributed by atoms with Crippen molar-refractivity contribution in [1.29, 1.82) is 0 Å². The number of thiocarbonyl (C=S) groups is 1. The Balaban J connectivity index is 1.54. The van der Waals surface area contributed by atoms with Gasteiger partial charge in [-0.2, -0.15) is 0 Å². The molecule has 3 aromatic carbocycles. The lowest BCUT2D eigenvalue weighted by atomic mass is 9.59. The predicted molar refractivity (Wildman–Crippen MR) is 140 cm³/mol. The van der Waals surface area contributed by atoms with Gasteiger partial charge >= 0.3 is 0 Å². The van der Waals surface area contributed by atoms with Gasteiger partial charge in [0, 0.05) is 28.9 Å². The molecule has 1 aliphatic carbocycles. The summed E-state index contributed by atoms with van der Waals surface area (Å²) in [5.74, 6) is -0.579. The van der Waals surface area contributed by atoms with Crippen molar-refractivity contribution in [3.05, 3.63) is 107 Å². The van der Waals surface area contributed by atoms with Crippen molar-refractivity contribution in [2.24, 2.45) is 5.92 Å². The molecule has 3 nitrogen and oxygen atoms in total. The second-order valence-electron chi connectivity index (χ2n) is 9.39. The van der Waals surface area contributed by atoms with Crippen LogP contribution in [0.4, 0.5) is 4.39 Å². The van der Waals surface area contributed by atoms with Gasteiger partial charge in [-0.15, -0.1) is 0 Å². The van der Waals surface area contributed by atoms with Gasteiger partial charge in [-0.05, 0) is 48.8 Å². The highest BCUT2D eigenvalue weighted by atomic mass is 32.1. The molecule has 5 heteroatoms. The van der Waals surface area contributed by atoms with Crippen molar-refractivity contribution in [3.8, 4) is 0 Å². The highest BCUT2D eigenvalue weighted by Crippen LogP contribution is 2.48. The Hall–Kier alpha value is -2.73. The molecule has 0 unspecified atom stereocenters. The van der Waals surface area contributed by atoms with Crippen LogP contribution in [-0.4, -0.2) is 28.5 Å². The molecule has 182 valence electrons. The summed E-state index contributed by atoms with van der Waals surface area (Å²) in [6.07, 6.45) is 2.42. The molecule has 35 heavy (non-hydrogen) atoms. The Bertz CT molecular complexity index is 1130. The molecule has 1 N–H and O–H groups in total. The van der Waals surface area contributed by atoms with E-state index in [1.54, 1.807) is 24.3 Å². The molecule has 0 saturated heterocycles. The van der Waals surface area contributed by atoms with E-state index in [9.17, 15) is 9.90 Å². The molecule has 1 saturated carbocycles. The van der Waals surface area contributed by atoms with Crippen LogP contribution in [0.2, 0.25) is 0 Å². The maximum atomic E-state index is 15.2. The number of aliphatic hydroxyl groups is 1. The van der Waals surface area contributed by atoms with E-state index in [-0.39, 0.29) is 36.7 Å². The van der Waals surface area contributed by atoms with Crippen LogP contribution in [0.1, 0.15) is 53.6 Å². The largest absolute Gasteiger partial charge is 0.396 e. The molecule has 0 heterocycles. The minimum absolute atomic E-state index is 0.0354. The van der Waals surface area contributed by atoms with E-state index in [4.69, 9.17) is 17.0 Å². The summed E-state index contributed by atoms with van der Waals surface area (Å²) in [4.78, 5) is 13.4. The Morgan fingerprint density at radius 3 is 2.34 bits per heavy atom. The fourth-order valence-corrected chi connectivity index (χ4v) is 5.73. The first kappa shape index (κ1) is 25.4. The van der Waals surface area contributed by atoms with E-state index in [0.717, 1.165) is 12.0 Å². The number of halogens is 1. The van der Waals surface area contributed by atoms with Gasteiger partial charge in [-0.3, -0.25) is 4.79 Å². The van der Waals surface area contributed by atoms with Gasteiger partial charge < -0.3 is 9.84 Å². The summed E-state index contributed by atoms with van der Waals surface area (Å²) in [7, 11) is 0. The molecule has 4 rings (SSSR count). The van der Waals surface area contributed by atoms with Gasteiger partial charge in [0.2, 0.25) is 0 Å². The average molecular weight is 491 g/mol. The number of Topliss-reactive ketones (excluding diaryl/α,β-unsaturated/α-hetero) is 1. The minimum atomic E-state index is -0.680. The lowest BCUT2D eigenvalue weighted by Gasteiger charge is -2.47. The van der Waals surface area contributed by atoms with Crippen molar-refractivity contribution in [2.75, 3.05) is 6.61 Å². The third-order valence-electron chi connectivity index (χ3n) is 7.17. The lowest BCUT2D eigenvalue weighted by Crippen LogP contribution is -2.46. The van der Waals surface area contributed by atoms with E-state index < -0.39 is 5.41 Å². The van der Waals surface area contributed by atoms with E-state index in [2.05, 4.69) is 0 Å². The summed E-state index contributed by atoms with van der Waals surface area (Å²) in [6.45, 7) is 0.398. The Morgan fingerprint density at radius 2 is 1.66 bits per heavy atom. The van der Waals surface area contributed by atoms with Crippen molar-refractivity contribution in [1.82, 2.24) is 0 Å². The fraction of sp³-hybridized carbons (Fsp3) is 0.333. The molecule has 0 aromatic heterocycles. The third kappa shape index (κ3) is 6.10. The van der Waals surface area contributed by atoms with Gasteiger partial charge in [0.15, 0.2) is 5.78 Å². The quantitative estimate of drug-likeness (QED) is 0.261. The molecule has 0 radical (unpaired) electrons. The van der Waals surface area contributed by atoms with Crippen LogP contribution in [0.15, 0.2) is 84.9 Å². The first-order chi connectivity index (χ1) is 17.0. The number of aliphatic hydroxyl groups excluding tert-OH is 1. The van der Waals surface area contributed by atoms with E-state index in [1.165, 1.54) is 6.07 Å². The zero-order valence-electron chi connectivity index (χ0n) is 19.7. The summed E-state index contributed by atoms with van der Waals surface area (Å²) < 4.78 is 21.3. The molecule has 3 aromatic rings. The zero-order valence-corrected chi connectivity index (χ0v) is 20.6. The summed E-state index contributed by atoms with van der Waals surface area (Å²) in [6, 6.07) is 25.8. The first-order valence-corrected chi connectivity index (χ1v) is 12.5. The van der Waals surface area contributed by atoms with Crippen LogP contribution in [-0.2, 0) is 16.8 Å². The Labute approximate surface area is 212 Å². The number of ketones is 1. The first-order valence-electron chi connectivity index (χ1n) is 12.1. The molecule has 0 aliphatic heterocycles. The number of hydrogen-bond donors (Lipinski definition) is 1. The minimum Gasteiger partial charge on any atom is -0.396 e. The van der Waals surface area contributed by atoms with Crippen molar-refractivity contribution >= 4 is 22.9 Å². The monoisotopic (exact) mass is 490 g/mol. The van der Waals surface area contributed by atoms with Crippen molar-refractivity contribution < 1.29 is 19.0 Å². The van der Waals surface area contributed by atoms with Gasteiger partial charge in [0.25, 0.3) is 0 Å². The normalized spacial score (nSPS) is 22.0. The van der Waals surface area contributed by atoms with Crippen LogP contribution < -0.4 is 0 Å². The number of ether oxygens (including phenoxy) is 1. The maximum absolute atomic E-state index is 15.2. The molecule has 3 atom stereocenters. The van der Waals surface area contributed by atoms with Crippen LogP contribution in [0.5, 0.6) is 0 Å². The molecular formula is C30H31FO3S. The molecule has 1 fully saturated rings. The third-order valence-corrected chi connectivity index (χ3v) is 7.46. The van der Waals surface area contributed by atoms with Gasteiger partial charge in [0.05, 0.1) is 12.7 Å². The SMILES string of the molecule is O=C(CC(=S)C[C@@]1(c2ccccc2F)CC[C@@H](OCc2ccccc2)C[C@H]1CO)c1ccccc1. The van der Waals surface area contributed by atoms with Crippen LogP contribution in [0.3, 0.4) is 0 Å². The van der Waals surface area contributed by atoms with Gasteiger partial charge in [0.1, 0.15) is 5.82 Å². The van der Waals surface area contributed by atoms with Crippen LogP contribution in [0, 0.1) is 11.7 Å². The predicted octanol–water partition coefficient (Wildman–Crippen LogP) is 6.47. The van der Waals surface area contributed by atoms with Gasteiger partial charge in [-0.25, -0.2) is 4.39 Å². The Kier molecular flexibility index (Phi) is 8.55. The average Bonchev–Trinajstić information content (AvgIpc) is 2.89. The fourth-order valence-electron chi connectivity index (χ4n) is 5.34. The summed E-state index contributed by atoms with van der Waals surface area (Å²) in [5.41, 5.74) is 1.60. The van der Waals surface area contributed by atoms with E-state index in [1.807, 2.05) is 54.6 Å². The molecule has 0 bridgehead atoms. The number of rotatable bonds is 10. The molecule has 0 spiro atoms. The standard InChI is InChI=1S/C30H31FO3S/c31-28-14-8-7-13-27(28)30(19-26(35)18-29(33)23-11-5-2-6-12-23)16-15-25(17-24(30)20-32)34-21-22-9-3-1-4-10-22/h1-14,24-25,32H,15-21H2/t24-,25+,30-/m0/s1. The number of benzene rings is 3. The number of carbonyl (C=O) groups is 1. The highest BCUT2D eigenvalue weighted by molar-refractivity contribution is 7.80. The molecule has 1 aliphatic rings. The van der Waals surface area contributed by atoms with Crippen LogP contribution >= 0.6 is 12.2 Å². The number of hydrogen-bond acceptors (Lipinski definition) is 4. The second kappa shape index (κ2) is 11.8. The van der Waals surface area contributed by atoms with Crippen molar-refractivity contribution in [2.45, 2.75) is 50.2 Å². The number of carbonyl (C=O) groups excluding carboxylic acids is 1. The lowest BCUT2D eigenvalue weighted by molar-refractivity contribution is -0.0337. The van der Waals surface area contributed by atoms with E-state index in [0.29, 0.717) is 41.9 Å². The topological polar surface area (TPSA) is 46.5 Å². The van der Waals surface area contributed by atoms with Crippen molar-refractivity contribution in [3.63, 3.8) is 0 Å². The Morgan fingerprint density at radius 1 is 1.00 bits per heavy atom. The highest BCUT2D eigenvalue weighted by Gasteiger charge is 2.46. The van der Waals surface area contributed by atoms with E-state index >= 15 is 4.39 Å². The smallest absolute Gasteiger partial charge is 0.167 e. The second-order valence-corrected chi connectivity index (χ2v) is 9.97. The molecule has 0 amide bonds. The summed E-state index contributed by atoms with van der Waals surface area (Å²) in [5, 5.41) is 10.5. The molecular weight excluding hydrogens is 459 g/mol. The summed E-state index contributed by atoms with van der Waals surface area (Å²) >= 11 is 5.72. The van der Waals surface area contributed by atoms with Gasteiger partial charge in [-0.1, -0.05) is 91.1 Å². The maximum Gasteiger partial charge on any atom is 0.167 e. The zero-order chi connectivity index (χ0) is 24.7.